The summed E-state index contributed by atoms with van der Waals surface area (Å²) in [5, 5.41) is 13.5. The number of aryl methyl sites for hydroxylation is 3. The molecule has 0 aliphatic rings. The van der Waals surface area contributed by atoms with Crippen molar-refractivity contribution in [3.63, 3.8) is 0 Å². The molecule has 2 aromatic rings. The summed E-state index contributed by atoms with van der Waals surface area (Å²) in [5.74, 6) is 2.23. The van der Waals surface area contributed by atoms with Crippen LogP contribution in [0.1, 0.15) is 29.8 Å². The van der Waals surface area contributed by atoms with E-state index in [-0.39, 0.29) is 6.61 Å². The molecule has 0 aromatic carbocycles. The van der Waals surface area contributed by atoms with E-state index in [2.05, 4.69) is 15.1 Å². The van der Waals surface area contributed by atoms with Gasteiger partial charge in [-0.25, -0.2) is 9.97 Å². The summed E-state index contributed by atoms with van der Waals surface area (Å²) in [4.78, 5) is 8.74. The van der Waals surface area contributed by atoms with Gasteiger partial charge in [-0.1, -0.05) is 6.92 Å². The zero-order valence-corrected chi connectivity index (χ0v) is 10.3. The number of pyridine rings is 1. The smallest absolute Gasteiger partial charge is 0.156 e. The van der Waals surface area contributed by atoms with Crippen molar-refractivity contribution in [2.45, 2.75) is 33.8 Å². The third-order valence-corrected chi connectivity index (χ3v) is 2.56. The van der Waals surface area contributed by atoms with Crippen LogP contribution >= 0.6 is 0 Å². The minimum Gasteiger partial charge on any atom is -0.392 e. The van der Waals surface area contributed by atoms with Gasteiger partial charge in [0.1, 0.15) is 11.6 Å². The Hall–Kier alpha value is -1.75. The van der Waals surface area contributed by atoms with Crippen molar-refractivity contribution in [2.75, 3.05) is 0 Å². The molecule has 0 radical (unpaired) electrons. The van der Waals surface area contributed by atoms with E-state index in [4.69, 9.17) is 0 Å². The van der Waals surface area contributed by atoms with Gasteiger partial charge in [0, 0.05) is 5.69 Å². The van der Waals surface area contributed by atoms with Crippen LogP contribution in [0.2, 0.25) is 0 Å². The molecule has 5 heteroatoms. The van der Waals surface area contributed by atoms with Gasteiger partial charge in [-0.2, -0.15) is 4.68 Å². The summed E-state index contributed by atoms with van der Waals surface area (Å²) >= 11 is 0. The standard InChI is InChI=1S/C12H16N4O/c1-4-11-5-10(7-17)6-12(14-11)16-9(3)13-8(2)15-16/h5-6,17H,4,7H2,1-3H3. The highest BCUT2D eigenvalue weighted by Gasteiger charge is 2.08. The summed E-state index contributed by atoms with van der Waals surface area (Å²) < 4.78 is 1.70. The van der Waals surface area contributed by atoms with E-state index in [9.17, 15) is 5.11 Å². The lowest BCUT2D eigenvalue weighted by atomic mass is 10.2. The molecule has 0 saturated carbocycles. The van der Waals surface area contributed by atoms with Gasteiger partial charge < -0.3 is 5.11 Å². The zero-order chi connectivity index (χ0) is 12.4. The van der Waals surface area contributed by atoms with Crippen molar-refractivity contribution >= 4 is 0 Å². The monoisotopic (exact) mass is 232 g/mol. The van der Waals surface area contributed by atoms with Crippen LogP contribution in [0.25, 0.3) is 5.82 Å². The fourth-order valence-corrected chi connectivity index (χ4v) is 1.75. The van der Waals surface area contributed by atoms with E-state index in [1.807, 2.05) is 32.9 Å². The summed E-state index contributed by atoms with van der Waals surface area (Å²) in [5.41, 5.74) is 1.79. The molecular formula is C12H16N4O. The summed E-state index contributed by atoms with van der Waals surface area (Å²) in [6, 6.07) is 3.74. The predicted molar refractivity (Wildman–Crippen MR) is 63.9 cm³/mol. The van der Waals surface area contributed by atoms with Crippen molar-refractivity contribution < 1.29 is 5.11 Å². The average Bonchev–Trinajstić information content (AvgIpc) is 2.67. The average molecular weight is 232 g/mol. The Morgan fingerprint density at radius 1 is 1.24 bits per heavy atom. The number of aliphatic hydroxyl groups is 1. The maximum atomic E-state index is 9.23. The van der Waals surface area contributed by atoms with Crippen LogP contribution in [-0.2, 0) is 13.0 Å². The third-order valence-electron chi connectivity index (χ3n) is 2.56. The first-order chi connectivity index (χ1) is 8.13. The van der Waals surface area contributed by atoms with Gasteiger partial charge in [0.25, 0.3) is 0 Å². The van der Waals surface area contributed by atoms with Gasteiger partial charge in [-0.15, -0.1) is 5.10 Å². The van der Waals surface area contributed by atoms with Gasteiger partial charge in [0.05, 0.1) is 6.61 Å². The first-order valence-electron chi connectivity index (χ1n) is 5.65. The third kappa shape index (κ3) is 2.34. The lowest BCUT2D eigenvalue weighted by Crippen LogP contribution is -2.05. The number of hydrogen-bond acceptors (Lipinski definition) is 4. The molecule has 0 saturated heterocycles. The fourth-order valence-electron chi connectivity index (χ4n) is 1.75. The Kier molecular flexibility index (Phi) is 3.19. The van der Waals surface area contributed by atoms with Crippen molar-refractivity contribution in [3.8, 4) is 5.82 Å². The highest BCUT2D eigenvalue weighted by atomic mass is 16.3. The Morgan fingerprint density at radius 2 is 2.00 bits per heavy atom. The molecule has 0 fully saturated rings. The minimum atomic E-state index is 0.00917. The molecule has 0 spiro atoms. The van der Waals surface area contributed by atoms with E-state index < -0.39 is 0 Å². The minimum absolute atomic E-state index is 0.00917. The van der Waals surface area contributed by atoms with Gasteiger partial charge in [0.2, 0.25) is 0 Å². The van der Waals surface area contributed by atoms with Crippen LogP contribution in [0.3, 0.4) is 0 Å². The number of aromatic nitrogens is 4. The molecular weight excluding hydrogens is 216 g/mol. The first kappa shape index (κ1) is 11.7. The van der Waals surface area contributed by atoms with Crippen LogP contribution in [0.15, 0.2) is 12.1 Å². The second-order valence-corrected chi connectivity index (χ2v) is 3.95. The number of aliphatic hydroxyl groups excluding tert-OH is 1. The van der Waals surface area contributed by atoms with Crippen molar-refractivity contribution in [2.24, 2.45) is 0 Å². The molecule has 17 heavy (non-hydrogen) atoms. The second-order valence-electron chi connectivity index (χ2n) is 3.95. The maximum Gasteiger partial charge on any atom is 0.156 e. The van der Waals surface area contributed by atoms with Crippen LogP contribution in [-0.4, -0.2) is 24.9 Å². The largest absolute Gasteiger partial charge is 0.392 e. The van der Waals surface area contributed by atoms with Crippen LogP contribution in [0.5, 0.6) is 0 Å². The SMILES string of the molecule is CCc1cc(CO)cc(-n2nc(C)nc2C)n1. The van der Waals surface area contributed by atoms with Crippen LogP contribution in [0.4, 0.5) is 0 Å². The normalized spacial score (nSPS) is 10.8. The molecule has 1 N–H and O–H groups in total. The molecule has 0 aliphatic carbocycles. The zero-order valence-electron chi connectivity index (χ0n) is 10.3. The number of rotatable bonds is 3. The highest BCUT2D eigenvalue weighted by molar-refractivity contribution is 5.31. The molecule has 0 amide bonds. The molecule has 2 heterocycles. The van der Waals surface area contributed by atoms with E-state index in [1.165, 1.54) is 0 Å². The number of hydrogen-bond donors (Lipinski definition) is 1. The molecule has 5 nitrogen and oxygen atoms in total. The second kappa shape index (κ2) is 4.63. The maximum absolute atomic E-state index is 9.23. The quantitative estimate of drug-likeness (QED) is 0.867. The van der Waals surface area contributed by atoms with Crippen molar-refractivity contribution in [1.29, 1.82) is 0 Å². The molecule has 0 bridgehead atoms. The number of nitrogens with zero attached hydrogens (tertiary/aromatic N) is 4. The molecule has 2 aromatic heterocycles. The molecule has 90 valence electrons. The lowest BCUT2D eigenvalue weighted by molar-refractivity contribution is 0.281. The van der Waals surface area contributed by atoms with Gasteiger partial charge in [-0.05, 0) is 38.0 Å². The first-order valence-corrected chi connectivity index (χ1v) is 5.65. The molecule has 0 aliphatic heterocycles. The topological polar surface area (TPSA) is 63.8 Å². The summed E-state index contributed by atoms with van der Waals surface area (Å²) in [6.45, 7) is 5.78. The summed E-state index contributed by atoms with van der Waals surface area (Å²) in [6.07, 6.45) is 0.827. The van der Waals surface area contributed by atoms with Crippen LogP contribution < -0.4 is 0 Å². The fraction of sp³-hybridized carbons (Fsp3) is 0.417. The molecule has 2 rings (SSSR count). The Labute approximate surface area is 100 Å². The van der Waals surface area contributed by atoms with Gasteiger partial charge in [0.15, 0.2) is 5.82 Å². The molecule has 0 unspecified atom stereocenters. The van der Waals surface area contributed by atoms with E-state index >= 15 is 0 Å². The van der Waals surface area contributed by atoms with Gasteiger partial charge >= 0.3 is 0 Å². The van der Waals surface area contributed by atoms with Gasteiger partial charge in [-0.3, -0.25) is 0 Å². The lowest BCUT2D eigenvalue weighted by Gasteiger charge is -2.07. The Bertz CT molecular complexity index is 511. The Morgan fingerprint density at radius 3 is 2.53 bits per heavy atom. The summed E-state index contributed by atoms with van der Waals surface area (Å²) in [7, 11) is 0. The Balaban J connectivity index is 2.54. The predicted octanol–water partition coefficient (Wildman–Crippen LogP) is 1.33. The van der Waals surface area contributed by atoms with Crippen molar-refractivity contribution in [3.05, 3.63) is 35.0 Å². The van der Waals surface area contributed by atoms with Crippen LogP contribution in [0, 0.1) is 13.8 Å². The van der Waals surface area contributed by atoms with E-state index in [1.54, 1.807) is 4.68 Å². The van der Waals surface area contributed by atoms with E-state index in [0.717, 1.165) is 29.3 Å². The highest BCUT2D eigenvalue weighted by Crippen LogP contribution is 2.12. The molecule has 0 atom stereocenters. The van der Waals surface area contributed by atoms with Crippen molar-refractivity contribution in [1.82, 2.24) is 19.7 Å². The van der Waals surface area contributed by atoms with E-state index in [0.29, 0.717) is 5.82 Å².